The molecule has 0 saturated heterocycles. The van der Waals surface area contributed by atoms with Crippen molar-refractivity contribution in [3.8, 4) is 0 Å². The van der Waals surface area contributed by atoms with Crippen LogP contribution in [0.25, 0.3) is 0 Å². The normalized spacial score (nSPS) is 11.1. The van der Waals surface area contributed by atoms with Gasteiger partial charge in [0.2, 0.25) is 5.91 Å². The Morgan fingerprint density at radius 3 is 1.80 bits per heavy atom. The molecule has 0 aromatic carbocycles. The van der Waals surface area contributed by atoms with E-state index in [1.165, 1.54) is 0 Å². The third-order valence-electron chi connectivity index (χ3n) is 2.34. The fourth-order valence-corrected chi connectivity index (χ4v) is 1.52. The number of hydrogen-bond donors (Lipinski definition) is 4. The summed E-state index contributed by atoms with van der Waals surface area (Å²) >= 11 is 0. The van der Waals surface area contributed by atoms with E-state index >= 15 is 0 Å². The van der Waals surface area contributed by atoms with Crippen LogP contribution in [0, 0.1) is 0 Å². The Bertz CT molecular complexity index is 189. The van der Waals surface area contributed by atoms with Crippen LogP contribution in [0.4, 0.5) is 0 Å². The van der Waals surface area contributed by atoms with Gasteiger partial charge in [-0.15, -0.1) is 0 Å². The maximum atomic E-state index is 11.2. The number of carbonyl (C=O) groups excluding carboxylic acids is 1. The average molecular weight is 217 g/mol. The summed E-state index contributed by atoms with van der Waals surface area (Å²) in [6, 6.07) is 0. The summed E-state index contributed by atoms with van der Waals surface area (Å²) in [5, 5.41) is 29.3. The molecule has 88 valence electrons. The molecule has 5 nitrogen and oxygen atoms in total. The summed E-state index contributed by atoms with van der Waals surface area (Å²) in [7, 11) is 0. The van der Waals surface area contributed by atoms with Crippen molar-refractivity contribution in [3.05, 3.63) is 12.7 Å². The predicted octanol–water partition coefficient (Wildman–Crippen LogP) is -0.825. The van der Waals surface area contributed by atoms with Crippen molar-refractivity contribution in [3.63, 3.8) is 0 Å². The van der Waals surface area contributed by atoms with Crippen molar-refractivity contribution in [1.82, 2.24) is 5.32 Å². The van der Waals surface area contributed by atoms with E-state index < -0.39 is 5.54 Å². The number of rotatable bonds is 8. The van der Waals surface area contributed by atoms with Crippen molar-refractivity contribution in [2.45, 2.75) is 24.8 Å². The molecule has 1 amide bonds. The standard InChI is InChI=1S/C10H19NO4/c1-2-9(15)11-10(3-6-12,4-7-13)5-8-14/h2,12-14H,1,3-8H2,(H,11,15). The molecule has 0 spiro atoms. The number of aliphatic hydroxyl groups excluding tert-OH is 3. The minimum absolute atomic E-state index is 0.114. The Morgan fingerprint density at radius 2 is 1.53 bits per heavy atom. The van der Waals surface area contributed by atoms with Gasteiger partial charge in [0, 0.05) is 25.4 Å². The minimum atomic E-state index is -0.747. The molecule has 0 aromatic rings. The molecule has 0 bridgehead atoms. The Hall–Kier alpha value is -0.910. The quantitative estimate of drug-likeness (QED) is 0.400. The van der Waals surface area contributed by atoms with E-state index in [-0.39, 0.29) is 25.7 Å². The lowest BCUT2D eigenvalue weighted by Gasteiger charge is -2.33. The van der Waals surface area contributed by atoms with Gasteiger partial charge in [-0.3, -0.25) is 4.79 Å². The molecule has 0 atom stereocenters. The third-order valence-corrected chi connectivity index (χ3v) is 2.34. The van der Waals surface area contributed by atoms with Gasteiger partial charge in [-0.05, 0) is 25.3 Å². The van der Waals surface area contributed by atoms with E-state index in [1.54, 1.807) is 0 Å². The van der Waals surface area contributed by atoms with Crippen LogP contribution in [-0.4, -0.2) is 46.6 Å². The van der Waals surface area contributed by atoms with Crippen LogP contribution in [0.15, 0.2) is 12.7 Å². The van der Waals surface area contributed by atoms with E-state index in [9.17, 15) is 4.79 Å². The molecule has 0 saturated carbocycles. The first kappa shape index (κ1) is 14.1. The molecule has 4 N–H and O–H groups in total. The molecule has 0 aliphatic rings. The second kappa shape index (κ2) is 7.39. The van der Waals surface area contributed by atoms with E-state index in [2.05, 4.69) is 11.9 Å². The first-order valence-corrected chi connectivity index (χ1v) is 4.91. The number of hydrogen-bond acceptors (Lipinski definition) is 4. The van der Waals surface area contributed by atoms with Crippen LogP contribution in [0.5, 0.6) is 0 Å². The van der Waals surface area contributed by atoms with Gasteiger partial charge in [-0.1, -0.05) is 6.58 Å². The summed E-state index contributed by atoms with van der Waals surface area (Å²) in [6.07, 6.45) is 2.02. The molecule has 0 aromatic heterocycles. The second-order valence-corrected chi connectivity index (χ2v) is 3.39. The van der Waals surface area contributed by atoms with Gasteiger partial charge in [0.1, 0.15) is 0 Å². The molecule has 5 heteroatoms. The van der Waals surface area contributed by atoms with Crippen LogP contribution in [-0.2, 0) is 4.79 Å². The molecule has 15 heavy (non-hydrogen) atoms. The van der Waals surface area contributed by atoms with Gasteiger partial charge in [-0.2, -0.15) is 0 Å². The topological polar surface area (TPSA) is 89.8 Å². The van der Waals surface area contributed by atoms with Crippen molar-refractivity contribution >= 4 is 5.91 Å². The van der Waals surface area contributed by atoms with E-state index in [1.807, 2.05) is 0 Å². The van der Waals surface area contributed by atoms with Gasteiger partial charge in [0.05, 0.1) is 0 Å². The zero-order valence-corrected chi connectivity index (χ0v) is 8.78. The molecular weight excluding hydrogens is 198 g/mol. The van der Waals surface area contributed by atoms with Crippen molar-refractivity contribution < 1.29 is 20.1 Å². The monoisotopic (exact) mass is 217 g/mol. The molecule has 0 heterocycles. The lowest BCUT2D eigenvalue weighted by atomic mass is 9.88. The van der Waals surface area contributed by atoms with Gasteiger partial charge < -0.3 is 20.6 Å². The van der Waals surface area contributed by atoms with Gasteiger partial charge in [0.25, 0.3) is 0 Å². The number of nitrogens with one attached hydrogen (secondary N) is 1. The first-order valence-electron chi connectivity index (χ1n) is 4.91. The van der Waals surface area contributed by atoms with Crippen molar-refractivity contribution in [2.75, 3.05) is 19.8 Å². The lowest BCUT2D eigenvalue weighted by Crippen LogP contribution is -2.50. The Morgan fingerprint density at radius 1 is 1.13 bits per heavy atom. The third kappa shape index (κ3) is 4.92. The largest absolute Gasteiger partial charge is 0.396 e. The van der Waals surface area contributed by atoms with Crippen LogP contribution < -0.4 is 5.32 Å². The zero-order chi connectivity index (χ0) is 11.7. The Kier molecular flexibility index (Phi) is 6.94. The number of amides is 1. The highest BCUT2D eigenvalue weighted by Crippen LogP contribution is 2.19. The Balaban J connectivity index is 4.58. The fraction of sp³-hybridized carbons (Fsp3) is 0.700. The minimum Gasteiger partial charge on any atom is -0.396 e. The smallest absolute Gasteiger partial charge is 0.243 e. The van der Waals surface area contributed by atoms with Gasteiger partial charge in [0.15, 0.2) is 0 Å². The van der Waals surface area contributed by atoms with Crippen LogP contribution in [0.1, 0.15) is 19.3 Å². The molecule has 0 rings (SSSR count). The molecule has 0 unspecified atom stereocenters. The molecular formula is C10H19NO4. The van der Waals surface area contributed by atoms with Gasteiger partial charge >= 0.3 is 0 Å². The second-order valence-electron chi connectivity index (χ2n) is 3.39. The van der Waals surface area contributed by atoms with E-state index in [4.69, 9.17) is 15.3 Å². The molecule has 0 aliphatic heterocycles. The summed E-state index contributed by atoms with van der Waals surface area (Å²) in [5.41, 5.74) is -0.747. The maximum Gasteiger partial charge on any atom is 0.243 e. The van der Waals surface area contributed by atoms with Crippen molar-refractivity contribution in [1.29, 1.82) is 0 Å². The summed E-state index contributed by atoms with van der Waals surface area (Å²) in [5.74, 6) is -0.370. The molecule has 0 fully saturated rings. The lowest BCUT2D eigenvalue weighted by molar-refractivity contribution is -0.119. The van der Waals surface area contributed by atoms with E-state index in [0.717, 1.165) is 6.08 Å². The highest BCUT2D eigenvalue weighted by atomic mass is 16.3. The average Bonchev–Trinajstić information content (AvgIpc) is 2.18. The zero-order valence-electron chi connectivity index (χ0n) is 8.78. The number of carbonyl (C=O) groups is 1. The van der Waals surface area contributed by atoms with E-state index in [0.29, 0.717) is 19.3 Å². The summed E-state index contributed by atoms with van der Waals surface area (Å²) in [4.78, 5) is 11.2. The highest BCUT2D eigenvalue weighted by molar-refractivity contribution is 5.87. The summed E-state index contributed by atoms with van der Waals surface area (Å²) in [6.45, 7) is 2.98. The highest BCUT2D eigenvalue weighted by Gasteiger charge is 2.29. The van der Waals surface area contributed by atoms with Crippen molar-refractivity contribution in [2.24, 2.45) is 0 Å². The number of aliphatic hydroxyl groups is 3. The fourth-order valence-electron chi connectivity index (χ4n) is 1.52. The summed E-state index contributed by atoms with van der Waals surface area (Å²) < 4.78 is 0. The predicted molar refractivity (Wildman–Crippen MR) is 56.2 cm³/mol. The van der Waals surface area contributed by atoms with Crippen LogP contribution in [0.2, 0.25) is 0 Å². The SMILES string of the molecule is C=CC(=O)NC(CCO)(CCO)CCO. The maximum absolute atomic E-state index is 11.2. The molecule has 0 aliphatic carbocycles. The first-order chi connectivity index (χ1) is 7.14. The van der Waals surface area contributed by atoms with Crippen LogP contribution in [0.3, 0.4) is 0 Å². The van der Waals surface area contributed by atoms with Gasteiger partial charge in [-0.25, -0.2) is 0 Å². The Labute approximate surface area is 89.4 Å². The molecule has 0 radical (unpaired) electrons. The van der Waals surface area contributed by atoms with Crippen LogP contribution >= 0.6 is 0 Å².